The van der Waals surface area contributed by atoms with E-state index in [0.29, 0.717) is 4.99 Å². The molecule has 0 aromatic heterocycles. The maximum absolute atomic E-state index is 5.58. The van der Waals surface area contributed by atoms with Crippen molar-refractivity contribution in [1.82, 2.24) is 0 Å². The molecule has 1 aromatic rings. The van der Waals surface area contributed by atoms with Crippen LogP contribution in [0.3, 0.4) is 0 Å². The Hall–Kier alpha value is -1.09. The van der Waals surface area contributed by atoms with Crippen LogP contribution in [-0.4, -0.2) is 11.1 Å². The highest BCUT2D eigenvalue weighted by atomic mass is 32.1. The molecule has 1 unspecified atom stereocenters. The van der Waals surface area contributed by atoms with Gasteiger partial charge in [0.2, 0.25) is 0 Å². The van der Waals surface area contributed by atoms with Crippen molar-refractivity contribution in [3.63, 3.8) is 0 Å². The topological polar surface area (TPSA) is 35.2 Å². The standard InChI is InChI=1S/C13H19NOS/c1-9(12(14)16)15-11-7-5-10(6-8-11)13(2,3)4/h5-9H,1-4H3,(H2,14,16). The van der Waals surface area contributed by atoms with E-state index in [0.717, 1.165) is 5.75 Å². The number of benzene rings is 1. The van der Waals surface area contributed by atoms with Crippen LogP contribution in [0.5, 0.6) is 5.75 Å². The van der Waals surface area contributed by atoms with E-state index in [2.05, 4.69) is 32.9 Å². The molecule has 0 fully saturated rings. The highest BCUT2D eigenvalue weighted by molar-refractivity contribution is 7.80. The molecule has 2 nitrogen and oxygen atoms in total. The summed E-state index contributed by atoms with van der Waals surface area (Å²) in [6.45, 7) is 8.39. The first-order valence-electron chi connectivity index (χ1n) is 5.37. The van der Waals surface area contributed by atoms with Gasteiger partial charge in [0.25, 0.3) is 0 Å². The summed E-state index contributed by atoms with van der Waals surface area (Å²) in [5, 5.41) is 0. The molecule has 0 bridgehead atoms. The lowest BCUT2D eigenvalue weighted by atomic mass is 9.87. The van der Waals surface area contributed by atoms with Crippen LogP contribution in [-0.2, 0) is 5.41 Å². The Morgan fingerprint density at radius 2 is 1.75 bits per heavy atom. The highest BCUT2D eigenvalue weighted by Gasteiger charge is 2.13. The van der Waals surface area contributed by atoms with Crippen LogP contribution >= 0.6 is 12.2 Å². The lowest BCUT2D eigenvalue weighted by Gasteiger charge is -2.20. The molecule has 0 radical (unpaired) electrons. The van der Waals surface area contributed by atoms with Gasteiger partial charge in [-0.3, -0.25) is 0 Å². The van der Waals surface area contributed by atoms with Gasteiger partial charge in [0.15, 0.2) is 0 Å². The number of rotatable bonds is 3. The van der Waals surface area contributed by atoms with Crippen LogP contribution in [0.4, 0.5) is 0 Å². The first-order valence-corrected chi connectivity index (χ1v) is 5.78. The molecule has 1 rings (SSSR count). The number of ether oxygens (including phenoxy) is 1. The lowest BCUT2D eigenvalue weighted by molar-refractivity contribution is 0.288. The first kappa shape index (κ1) is 13.0. The van der Waals surface area contributed by atoms with E-state index in [1.165, 1.54) is 5.56 Å². The summed E-state index contributed by atoms with van der Waals surface area (Å²) in [6, 6.07) is 8.05. The molecular weight excluding hydrogens is 218 g/mol. The zero-order valence-corrected chi connectivity index (χ0v) is 11.1. The van der Waals surface area contributed by atoms with E-state index in [-0.39, 0.29) is 11.5 Å². The largest absolute Gasteiger partial charge is 0.484 e. The molecule has 0 aliphatic carbocycles. The van der Waals surface area contributed by atoms with Crippen LogP contribution in [0.25, 0.3) is 0 Å². The zero-order chi connectivity index (χ0) is 12.3. The minimum Gasteiger partial charge on any atom is -0.484 e. The fourth-order valence-electron chi connectivity index (χ4n) is 1.30. The summed E-state index contributed by atoms with van der Waals surface area (Å²) in [4.78, 5) is 0.375. The van der Waals surface area contributed by atoms with E-state index >= 15 is 0 Å². The number of thiocarbonyl (C=S) groups is 1. The Bertz CT molecular complexity index is 365. The molecule has 16 heavy (non-hydrogen) atoms. The lowest BCUT2D eigenvalue weighted by Crippen LogP contribution is -2.28. The second-order valence-corrected chi connectivity index (χ2v) is 5.41. The van der Waals surface area contributed by atoms with Gasteiger partial charge in [0.05, 0.1) is 0 Å². The van der Waals surface area contributed by atoms with Crippen molar-refractivity contribution < 1.29 is 4.74 Å². The van der Waals surface area contributed by atoms with Crippen molar-refractivity contribution in [3.05, 3.63) is 29.8 Å². The summed E-state index contributed by atoms with van der Waals surface area (Å²) in [7, 11) is 0. The Kier molecular flexibility index (Phi) is 3.92. The summed E-state index contributed by atoms with van der Waals surface area (Å²) in [6.07, 6.45) is -0.226. The van der Waals surface area contributed by atoms with Gasteiger partial charge in [0, 0.05) is 0 Å². The zero-order valence-electron chi connectivity index (χ0n) is 10.3. The van der Waals surface area contributed by atoms with Crippen molar-refractivity contribution in [2.75, 3.05) is 0 Å². The predicted molar refractivity (Wildman–Crippen MR) is 72.0 cm³/mol. The second-order valence-electron chi connectivity index (χ2n) is 4.94. The van der Waals surface area contributed by atoms with Crippen LogP contribution in [0.15, 0.2) is 24.3 Å². The third-order valence-corrected chi connectivity index (χ3v) is 2.77. The minimum atomic E-state index is -0.226. The Morgan fingerprint density at radius 1 is 1.25 bits per heavy atom. The van der Waals surface area contributed by atoms with Crippen molar-refractivity contribution in [3.8, 4) is 5.75 Å². The van der Waals surface area contributed by atoms with E-state index in [4.69, 9.17) is 22.7 Å². The quantitative estimate of drug-likeness (QED) is 0.821. The number of hydrogen-bond donors (Lipinski definition) is 1. The van der Waals surface area contributed by atoms with Gasteiger partial charge >= 0.3 is 0 Å². The third kappa shape index (κ3) is 3.49. The molecule has 0 heterocycles. The van der Waals surface area contributed by atoms with Gasteiger partial charge in [-0.25, -0.2) is 0 Å². The molecule has 3 heteroatoms. The van der Waals surface area contributed by atoms with E-state index in [1.807, 2.05) is 19.1 Å². The molecule has 0 aliphatic heterocycles. The molecule has 1 aromatic carbocycles. The van der Waals surface area contributed by atoms with Crippen LogP contribution < -0.4 is 10.5 Å². The van der Waals surface area contributed by atoms with Gasteiger partial charge < -0.3 is 10.5 Å². The van der Waals surface area contributed by atoms with Gasteiger partial charge in [0.1, 0.15) is 16.8 Å². The van der Waals surface area contributed by atoms with Gasteiger partial charge in [-0.2, -0.15) is 0 Å². The fourth-order valence-corrected chi connectivity index (χ4v) is 1.34. The number of hydrogen-bond acceptors (Lipinski definition) is 2. The molecule has 0 amide bonds. The highest BCUT2D eigenvalue weighted by Crippen LogP contribution is 2.24. The smallest absolute Gasteiger partial charge is 0.145 e. The van der Waals surface area contributed by atoms with E-state index in [9.17, 15) is 0 Å². The average molecular weight is 237 g/mol. The van der Waals surface area contributed by atoms with Crippen molar-refractivity contribution >= 4 is 17.2 Å². The predicted octanol–water partition coefficient (Wildman–Crippen LogP) is 3.04. The molecule has 1 atom stereocenters. The summed E-state index contributed by atoms with van der Waals surface area (Å²) >= 11 is 4.86. The van der Waals surface area contributed by atoms with Gasteiger partial charge in [-0.1, -0.05) is 45.1 Å². The van der Waals surface area contributed by atoms with Crippen molar-refractivity contribution in [1.29, 1.82) is 0 Å². The fraction of sp³-hybridized carbons (Fsp3) is 0.462. The van der Waals surface area contributed by atoms with Crippen LogP contribution in [0.2, 0.25) is 0 Å². The molecule has 0 saturated heterocycles. The number of nitrogens with two attached hydrogens (primary N) is 1. The molecule has 0 saturated carbocycles. The third-order valence-electron chi connectivity index (χ3n) is 2.43. The molecule has 0 aliphatic rings. The second kappa shape index (κ2) is 4.83. The Morgan fingerprint density at radius 3 is 2.12 bits per heavy atom. The molecule has 2 N–H and O–H groups in total. The molecular formula is C13H19NOS. The maximum atomic E-state index is 5.58. The van der Waals surface area contributed by atoms with E-state index in [1.54, 1.807) is 0 Å². The van der Waals surface area contributed by atoms with E-state index < -0.39 is 0 Å². The maximum Gasteiger partial charge on any atom is 0.145 e. The van der Waals surface area contributed by atoms with Crippen molar-refractivity contribution in [2.24, 2.45) is 5.73 Å². The van der Waals surface area contributed by atoms with Crippen LogP contribution in [0.1, 0.15) is 33.3 Å². The SMILES string of the molecule is CC(Oc1ccc(C(C)(C)C)cc1)C(N)=S. The molecule has 0 spiro atoms. The average Bonchev–Trinajstić information content (AvgIpc) is 2.17. The summed E-state index contributed by atoms with van der Waals surface area (Å²) in [5.74, 6) is 0.799. The normalized spacial score (nSPS) is 13.2. The summed E-state index contributed by atoms with van der Waals surface area (Å²) < 4.78 is 5.58. The Balaban J connectivity index is 2.76. The minimum absolute atomic E-state index is 0.160. The Labute approximate surface area is 103 Å². The monoisotopic (exact) mass is 237 g/mol. The molecule has 88 valence electrons. The van der Waals surface area contributed by atoms with Crippen LogP contribution in [0, 0.1) is 0 Å². The van der Waals surface area contributed by atoms with Gasteiger partial charge in [-0.15, -0.1) is 0 Å². The first-order chi connectivity index (χ1) is 7.30. The van der Waals surface area contributed by atoms with Crippen molar-refractivity contribution in [2.45, 2.75) is 39.2 Å². The van der Waals surface area contributed by atoms with Gasteiger partial charge in [-0.05, 0) is 30.0 Å². The summed E-state index contributed by atoms with van der Waals surface area (Å²) in [5.41, 5.74) is 6.93.